The summed E-state index contributed by atoms with van der Waals surface area (Å²) >= 11 is 0. The quantitative estimate of drug-likeness (QED) is 0.410. The molecule has 0 saturated carbocycles. The van der Waals surface area contributed by atoms with E-state index in [1.54, 1.807) is 43.5 Å². The lowest BCUT2D eigenvalue weighted by atomic mass is 10.2. The first-order chi connectivity index (χ1) is 12.2. The molecule has 5 nitrogen and oxygen atoms in total. The first-order valence-corrected chi connectivity index (χ1v) is 8.10. The van der Waals surface area contributed by atoms with Gasteiger partial charge in [-0.15, -0.1) is 0 Å². The minimum absolute atomic E-state index is 0.392. The van der Waals surface area contributed by atoms with E-state index < -0.39 is 5.97 Å². The van der Waals surface area contributed by atoms with Crippen molar-refractivity contribution in [3.8, 4) is 23.0 Å². The minimum atomic E-state index is -0.486. The standard InChI is InChI=1S/C20H22O5/c1-4-23-16-8-6-7-9-18(16)25-20(21)13-11-15-10-12-17(24-5-2)19(14-15)22-3/h6-14H,4-5H2,1-3H3. The fraction of sp³-hybridized carbons (Fsp3) is 0.250. The number of carbonyl (C=O) groups is 1. The molecule has 2 rings (SSSR count). The molecular formula is C20H22O5. The van der Waals surface area contributed by atoms with Gasteiger partial charge in [-0.05, 0) is 49.8 Å². The maximum Gasteiger partial charge on any atom is 0.336 e. The van der Waals surface area contributed by atoms with E-state index in [-0.39, 0.29) is 0 Å². The van der Waals surface area contributed by atoms with E-state index >= 15 is 0 Å². The van der Waals surface area contributed by atoms with E-state index in [4.69, 9.17) is 18.9 Å². The molecule has 132 valence electrons. The second-order valence-electron chi connectivity index (χ2n) is 4.98. The molecule has 25 heavy (non-hydrogen) atoms. The van der Waals surface area contributed by atoms with Crippen LogP contribution in [0.5, 0.6) is 23.0 Å². The van der Waals surface area contributed by atoms with Crippen LogP contribution < -0.4 is 18.9 Å². The SMILES string of the molecule is CCOc1ccc(C=CC(=O)Oc2ccccc2OCC)cc1OC. The maximum absolute atomic E-state index is 12.0. The summed E-state index contributed by atoms with van der Waals surface area (Å²) in [5, 5.41) is 0. The van der Waals surface area contributed by atoms with E-state index in [9.17, 15) is 4.79 Å². The van der Waals surface area contributed by atoms with Gasteiger partial charge in [-0.2, -0.15) is 0 Å². The van der Waals surface area contributed by atoms with Crippen LogP contribution in [-0.4, -0.2) is 26.3 Å². The Balaban J connectivity index is 2.08. The normalized spacial score (nSPS) is 10.5. The van der Waals surface area contributed by atoms with Crippen molar-refractivity contribution in [2.75, 3.05) is 20.3 Å². The van der Waals surface area contributed by atoms with Gasteiger partial charge in [-0.3, -0.25) is 0 Å². The van der Waals surface area contributed by atoms with Crippen molar-refractivity contribution in [3.05, 3.63) is 54.1 Å². The van der Waals surface area contributed by atoms with Crippen molar-refractivity contribution in [1.29, 1.82) is 0 Å². The Bertz CT molecular complexity index is 737. The van der Waals surface area contributed by atoms with E-state index in [1.807, 2.05) is 26.0 Å². The molecule has 0 aliphatic heterocycles. The summed E-state index contributed by atoms with van der Waals surface area (Å²) in [6, 6.07) is 12.5. The van der Waals surface area contributed by atoms with Crippen molar-refractivity contribution < 1.29 is 23.7 Å². The van der Waals surface area contributed by atoms with Crippen LogP contribution in [0.15, 0.2) is 48.5 Å². The first kappa shape index (κ1) is 18.4. The summed E-state index contributed by atoms with van der Waals surface area (Å²) in [5.41, 5.74) is 0.801. The van der Waals surface area contributed by atoms with E-state index in [0.717, 1.165) is 5.56 Å². The monoisotopic (exact) mass is 342 g/mol. The molecule has 0 amide bonds. The van der Waals surface area contributed by atoms with Crippen molar-refractivity contribution >= 4 is 12.0 Å². The highest BCUT2D eigenvalue weighted by atomic mass is 16.6. The summed E-state index contributed by atoms with van der Waals surface area (Å²) in [4.78, 5) is 12.0. The molecule has 0 bridgehead atoms. The van der Waals surface area contributed by atoms with Gasteiger partial charge in [0.2, 0.25) is 0 Å². The van der Waals surface area contributed by atoms with Gasteiger partial charge in [0.25, 0.3) is 0 Å². The number of esters is 1. The number of para-hydroxylation sites is 2. The Morgan fingerprint density at radius 1 is 0.920 bits per heavy atom. The summed E-state index contributed by atoms with van der Waals surface area (Å²) in [6.45, 7) is 4.83. The topological polar surface area (TPSA) is 54.0 Å². The van der Waals surface area contributed by atoms with Crippen molar-refractivity contribution in [1.82, 2.24) is 0 Å². The van der Waals surface area contributed by atoms with Crippen LogP contribution in [0.25, 0.3) is 6.08 Å². The molecule has 2 aromatic carbocycles. The van der Waals surface area contributed by atoms with Gasteiger partial charge < -0.3 is 18.9 Å². The van der Waals surface area contributed by atoms with Crippen molar-refractivity contribution in [2.45, 2.75) is 13.8 Å². The number of hydrogen-bond acceptors (Lipinski definition) is 5. The third-order valence-corrected chi connectivity index (χ3v) is 3.26. The smallest absolute Gasteiger partial charge is 0.336 e. The number of carbonyl (C=O) groups excluding carboxylic acids is 1. The number of ether oxygens (including phenoxy) is 4. The second kappa shape index (κ2) is 9.37. The van der Waals surface area contributed by atoms with Gasteiger partial charge in [0.1, 0.15) is 0 Å². The Kier molecular flexibility index (Phi) is 6.89. The third kappa shape index (κ3) is 5.28. The molecule has 0 aliphatic carbocycles. The number of hydrogen-bond donors (Lipinski definition) is 0. The molecule has 0 aromatic heterocycles. The summed E-state index contributed by atoms with van der Waals surface area (Å²) in [7, 11) is 1.57. The van der Waals surface area contributed by atoms with Crippen LogP contribution in [0.2, 0.25) is 0 Å². The zero-order valence-electron chi connectivity index (χ0n) is 14.7. The van der Waals surface area contributed by atoms with Gasteiger partial charge >= 0.3 is 5.97 Å². The highest BCUT2D eigenvalue weighted by Crippen LogP contribution is 2.29. The number of methoxy groups -OCH3 is 1. The van der Waals surface area contributed by atoms with Gasteiger partial charge in [0, 0.05) is 6.08 Å². The average Bonchev–Trinajstić information content (AvgIpc) is 2.63. The van der Waals surface area contributed by atoms with Gasteiger partial charge in [0.15, 0.2) is 23.0 Å². The minimum Gasteiger partial charge on any atom is -0.493 e. The lowest BCUT2D eigenvalue weighted by Crippen LogP contribution is -2.05. The predicted molar refractivity (Wildman–Crippen MR) is 96.4 cm³/mol. The summed E-state index contributed by atoms with van der Waals surface area (Å²) < 4.78 is 21.5. The van der Waals surface area contributed by atoms with E-state index in [2.05, 4.69) is 0 Å². The van der Waals surface area contributed by atoms with Crippen LogP contribution in [-0.2, 0) is 4.79 Å². The largest absolute Gasteiger partial charge is 0.493 e. The molecule has 0 unspecified atom stereocenters. The first-order valence-electron chi connectivity index (χ1n) is 8.10. The molecule has 0 radical (unpaired) electrons. The molecule has 0 fully saturated rings. The Labute approximate surface area is 147 Å². The second-order valence-corrected chi connectivity index (χ2v) is 4.98. The Morgan fingerprint density at radius 2 is 1.56 bits per heavy atom. The Hall–Kier alpha value is -2.95. The molecule has 0 spiro atoms. The average molecular weight is 342 g/mol. The number of benzene rings is 2. The number of rotatable bonds is 8. The highest BCUT2D eigenvalue weighted by Gasteiger charge is 2.08. The highest BCUT2D eigenvalue weighted by molar-refractivity contribution is 5.89. The summed E-state index contributed by atoms with van der Waals surface area (Å²) in [6.07, 6.45) is 3.02. The van der Waals surface area contributed by atoms with Crippen LogP contribution >= 0.6 is 0 Å². The summed E-state index contributed by atoms with van der Waals surface area (Å²) in [5.74, 6) is 1.71. The zero-order valence-corrected chi connectivity index (χ0v) is 14.7. The van der Waals surface area contributed by atoms with Crippen molar-refractivity contribution in [2.24, 2.45) is 0 Å². The molecular weight excluding hydrogens is 320 g/mol. The predicted octanol–water partition coefficient (Wildman–Crippen LogP) is 4.11. The fourth-order valence-electron chi connectivity index (χ4n) is 2.18. The van der Waals surface area contributed by atoms with Gasteiger partial charge in [-0.25, -0.2) is 4.79 Å². The van der Waals surface area contributed by atoms with Gasteiger partial charge in [-0.1, -0.05) is 18.2 Å². The van der Waals surface area contributed by atoms with Crippen LogP contribution in [0, 0.1) is 0 Å². The zero-order chi connectivity index (χ0) is 18.1. The maximum atomic E-state index is 12.0. The fourth-order valence-corrected chi connectivity index (χ4v) is 2.18. The van der Waals surface area contributed by atoms with E-state index in [0.29, 0.717) is 36.2 Å². The lowest BCUT2D eigenvalue weighted by Gasteiger charge is -2.10. The molecule has 0 aliphatic rings. The van der Waals surface area contributed by atoms with Crippen LogP contribution in [0.3, 0.4) is 0 Å². The van der Waals surface area contributed by atoms with Gasteiger partial charge in [0.05, 0.1) is 20.3 Å². The molecule has 0 heterocycles. The van der Waals surface area contributed by atoms with Crippen LogP contribution in [0.4, 0.5) is 0 Å². The molecule has 0 N–H and O–H groups in total. The Morgan fingerprint density at radius 3 is 2.20 bits per heavy atom. The molecule has 5 heteroatoms. The third-order valence-electron chi connectivity index (χ3n) is 3.26. The van der Waals surface area contributed by atoms with E-state index in [1.165, 1.54) is 6.08 Å². The molecule has 0 atom stereocenters. The molecule has 2 aromatic rings. The molecule has 0 saturated heterocycles. The lowest BCUT2D eigenvalue weighted by molar-refractivity contribution is -0.129. The van der Waals surface area contributed by atoms with Crippen LogP contribution in [0.1, 0.15) is 19.4 Å². The van der Waals surface area contributed by atoms with Crippen molar-refractivity contribution in [3.63, 3.8) is 0 Å².